The van der Waals surface area contributed by atoms with Gasteiger partial charge in [0.2, 0.25) is 0 Å². The highest BCUT2D eigenvalue weighted by atomic mass is 19.4. The first kappa shape index (κ1) is 21.9. The van der Waals surface area contributed by atoms with E-state index in [2.05, 4.69) is 37.3 Å². The van der Waals surface area contributed by atoms with Crippen molar-refractivity contribution < 1.29 is 23.1 Å². The second-order valence-electron chi connectivity index (χ2n) is 7.32. The molecule has 2 aliphatic rings. The molecule has 0 atom stereocenters. The Labute approximate surface area is 172 Å². The van der Waals surface area contributed by atoms with E-state index >= 15 is 0 Å². The zero-order valence-electron chi connectivity index (χ0n) is 16.4. The van der Waals surface area contributed by atoms with E-state index in [0.29, 0.717) is 6.04 Å². The molecule has 0 bridgehead atoms. The number of anilines is 1. The zero-order chi connectivity index (χ0) is 21.6. The molecule has 4 rings (SSSR count). The van der Waals surface area contributed by atoms with Crippen LogP contribution >= 0.6 is 0 Å². The number of rotatable bonds is 4. The van der Waals surface area contributed by atoms with Gasteiger partial charge in [-0.25, -0.2) is 14.8 Å². The van der Waals surface area contributed by atoms with Crippen molar-refractivity contribution in [3.8, 4) is 0 Å². The number of carboxylic acid groups (broad SMARTS) is 1. The minimum Gasteiger partial charge on any atom is -0.475 e. The molecule has 10 heteroatoms. The van der Waals surface area contributed by atoms with Crippen LogP contribution in [0.4, 0.5) is 19.0 Å². The van der Waals surface area contributed by atoms with Gasteiger partial charge in [-0.05, 0) is 37.8 Å². The number of fused-ring (bicyclic) bond motifs is 1. The fourth-order valence-corrected chi connectivity index (χ4v) is 3.32. The van der Waals surface area contributed by atoms with Crippen molar-refractivity contribution >= 4 is 11.8 Å². The molecule has 0 saturated heterocycles. The second-order valence-corrected chi connectivity index (χ2v) is 7.32. The molecule has 2 aromatic heterocycles. The summed E-state index contributed by atoms with van der Waals surface area (Å²) in [4.78, 5) is 24.9. The fraction of sp³-hybridized carbons (Fsp3) is 0.500. The van der Waals surface area contributed by atoms with Gasteiger partial charge in [0.05, 0.1) is 11.4 Å². The molecule has 2 aromatic rings. The number of carbonyl (C=O) groups is 1. The van der Waals surface area contributed by atoms with Crippen LogP contribution in [0.25, 0.3) is 0 Å². The van der Waals surface area contributed by atoms with Crippen LogP contribution in [0, 0.1) is 0 Å². The van der Waals surface area contributed by atoms with E-state index in [1.807, 2.05) is 12.3 Å². The summed E-state index contributed by atoms with van der Waals surface area (Å²) in [5, 5.41) is 10.7. The Balaban J connectivity index is 0.000000318. The van der Waals surface area contributed by atoms with Crippen LogP contribution in [0.3, 0.4) is 0 Å². The summed E-state index contributed by atoms with van der Waals surface area (Å²) in [5.41, 5.74) is 3.67. The monoisotopic (exact) mass is 423 g/mol. The van der Waals surface area contributed by atoms with E-state index in [4.69, 9.17) is 9.90 Å². The number of halogens is 3. The van der Waals surface area contributed by atoms with Crippen LogP contribution in [-0.2, 0) is 24.2 Å². The first-order chi connectivity index (χ1) is 14.3. The Morgan fingerprint density at radius 3 is 2.50 bits per heavy atom. The Morgan fingerprint density at radius 2 is 1.90 bits per heavy atom. The van der Waals surface area contributed by atoms with Crippen molar-refractivity contribution in [3.05, 3.63) is 47.7 Å². The van der Waals surface area contributed by atoms with Crippen molar-refractivity contribution in [2.75, 3.05) is 18.4 Å². The zero-order valence-corrected chi connectivity index (χ0v) is 16.4. The third kappa shape index (κ3) is 6.12. The van der Waals surface area contributed by atoms with Gasteiger partial charge in [-0.2, -0.15) is 13.2 Å². The summed E-state index contributed by atoms with van der Waals surface area (Å²) in [6, 6.07) is 6.74. The first-order valence-corrected chi connectivity index (χ1v) is 9.84. The SMILES string of the molecule is O=C(O)C(F)(F)F.c1ccc(CN2CCc3ncnc(NC4CCC4)c3CC2)nc1. The van der Waals surface area contributed by atoms with Crippen LogP contribution < -0.4 is 5.32 Å². The van der Waals surface area contributed by atoms with E-state index < -0.39 is 12.1 Å². The average molecular weight is 423 g/mol. The van der Waals surface area contributed by atoms with Gasteiger partial charge in [0.25, 0.3) is 0 Å². The van der Waals surface area contributed by atoms with Crippen LogP contribution in [0.2, 0.25) is 0 Å². The third-order valence-corrected chi connectivity index (χ3v) is 5.18. The van der Waals surface area contributed by atoms with Crippen LogP contribution in [-0.4, -0.2) is 56.2 Å². The van der Waals surface area contributed by atoms with Gasteiger partial charge in [-0.1, -0.05) is 6.07 Å². The van der Waals surface area contributed by atoms with Crippen molar-refractivity contribution in [3.63, 3.8) is 0 Å². The maximum Gasteiger partial charge on any atom is 0.490 e. The van der Waals surface area contributed by atoms with Crippen LogP contribution in [0.1, 0.15) is 36.2 Å². The van der Waals surface area contributed by atoms with Gasteiger partial charge >= 0.3 is 12.1 Å². The Hall–Kier alpha value is -2.75. The van der Waals surface area contributed by atoms with E-state index in [9.17, 15) is 13.2 Å². The largest absolute Gasteiger partial charge is 0.490 e. The highest BCUT2D eigenvalue weighted by molar-refractivity contribution is 5.73. The topological polar surface area (TPSA) is 91.2 Å². The third-order valence-electron chi connectivity index (χ3n) is 5.18. The number of hydrogen-bond donors (Lipinski definition) is 2. The first-order valence-electron chi connectivity index (χ1n) is 9.84. The molecule has 30 heavy (non-hydrogen) atoms. The molecule has 0 amide bonds. The number of nitrogens with one attached hydrogen (secondary N) is 1. The molecular formula is C20H24F3N5O2. The normalized spacial score (nSPS) is 17.0. The summed E-state index contributed by atoms with van der Waals surface area (Å²) in [6.07, 6.45) is 4.38. The summed E-state index contributed by atoms with van der Waals surface area (Å²) < 4.78 is 31.7. The summed E-state index contributed by atoms with van der Waals surface area (Å²) in [6.45, 7) is 2.98. The molecule has 3 heterocycles. The van der Waals surface area contributed by atoms with Gasteiger partial charge < -0.3 is 10.4 Å². The number of nitrogens with zero attached hydrogens (tertiary/aromatic N) is 4. The van der Waals surface area contributed by atoms with E-state index in [1.54, 1.807) is 6.33 Å². The number of aliphatic carboxylic acids is 1. The smallest absolute Gasteiger partial charge is 0.475 e. The van der Waals surface area contributed by atoms with E-state index in [0.717, 1.165) is 44.0 Å². The van der Waals surface area contributed by atoms with Gasteiger partial charge in [-0.15, -0.1) is 0 Å². The Morgan fingerprint density at radius 1 is 1.17 bits per heavy atom. The minimum atomic E-state index is -5.08. The van der Waals surface area contributed by atoms with Crippen LogP contribution in [0.5, 0.6) is 0 Å². The molecule has 1 saturated carbocycles. The van der Waals surface area contributed by atoms with Gasteiger partial charge in [0.1, 0.15) is 12.1 Å². The Bertz CT molecular complexity index is 844. The summed E-state index contributed by atoms with van der Waals surface area (Å²) >= 11 is 0. The lowest BCUT2D eigenvalue weighted by molar-refractivity contribution is -0.192. The maximum atomic E-state index is 10.6. The van der Waals surface area contributed by atoms with E-state index in [-0.39, 0.29) is 0 Å². The lowest BCUT2D eigenvalue weighted by Crippen LogP contribution is -2.28. The predicted octanol–water partition coefficient (Wildman–Crippen LogP) is 3.07. The number of hydrogen-bond acceptors (Lipinski definition) is 6. The van der Waals surface area contributed by atoms with Crippen molar-refractivity contribution in [1.29, 1.82) is 0 Å². The molecule has 1 aliphatic carbocycles. The molecule has 7 nitrogen and oxygen atoms in total. The highest BCUT2D eigenvalue weighted by Gasteiger charge is 2.38. The molecular weight excluding hydrogens is 399 g/mol. The average Bonchev–Trinajstić information content (AvgIpc) is 2.88. The molecule has 1 aliphatic heterocycles. The fourth-order valence-electron chi connectivity index (χ4n) is 3.32. The molecule has 0 aromatic carbocycles. The lowest BCUT2D eigenvalue weighted by atomic mass is 9.93. The van der Waals surface area contributed by atoms with Gasteiger partial charge in [0.15, 0.2) is 0 Å². The van der Waals surface area contributed by atoms with Crippen LogP contribution in [0.15, 0.2) is 30.7 Å². The summed E-state index contributed by atoms with van der Waals surface area (Å²) in [5.74, 6) is -1.69. The number of alkyl halides is 3. The standard InChI is InChI=1S/C18H23N5.C2HF3O2/c1-2-9-19-15(4-1)12-23-10-7-16-17(8-11-23)20-13-21-18(16)22-14-5-3-6-14;3-2(4,5)1(6)7/h1-2,4,9,13-14H,3,5-8,10-12H2,(H,20,21,22);(H,6,7). The Kier molecular flexibility index (Phi) is 7.20. The molecule has 0 unspecified atom stereocenters. The molecule has 0 radical (unpaired) electrons. The number of carboxylic acids is 1. The van der Waals surface area contributed by atoms with E-state index in [1.165, 1.54) is 30.5 Å². The summed E-state index contributed by atoms with van der Waals surface area (Å²) in [7, 11) is 0. The molecule has 2 N–H and O–H groups in total. The molecule has 1 fully saturated rings. The molecule has 162 valence electrons. The van der Waals surface area contributed by atoms with Gasteiger partial charge in [0, 0.05) is 43.9 Å². The van der Waals surface area contributed by atoms with Gasteiger partial charge in [-0.3, -0.25) is 9.88 Å². The lowest BCUT2D eigenvalue weighted by Gasteiger charge is -2.28. The van der Waals surface area contributed by atoms with Crippen molar-refractivity contribution in [2.24, 2.45) is 0 Å². The number of pyridine rings is 1. The second kappa shape index (κ2) is 9.84. The maximum absolute atomic E-state index is 10.6. The predicted molar refractivity (Wildman–Crippen MR) is 104 cm³/mol. The quantitative estimate of drug-likeness (QED) is 0.781. The van der Waals surface area contributed by atoms with Crippen molar-refractivity contribution in [2.45, 2.75) is 50.9 Å². The van der Waals surface area contributed by atoms with Crippen molar-refractivity contribution in [1.82, 2.24) is 19.9 Å². The molecule has 0 spiro atoms. The minimum absolute atomic E-state index is 0.613. The number of aromatic nitrogens is 3. The highest BCUT2D eigenvalue weighted by Crippen LogP contribution is 2.26.